The van der Waals surface area contributed by atoms with E-state index in [9.17, 15) is 4.57 Å². The van der Waals surface area contributed by atoms with Gasteiger partial charge in [-0.15, -0.1) is 0 Å². The Morgan fingerprint density at radius 3 is 1.22 bits per heavy atom. The van der Waals surface area contributed by atoms with Crippen molar-refractivity contribution in [1.29, 1.82) is 0 Å². The van der Waals surface area contributed by atoms with Crippen LogP contribution in [0.1, 0.15) is 104 Å². The Morgan fingerprint density at radius 1 is 0.565 bits per heavy atom. The molecular weight excluding hydrogens is 408 g/mol. The molecule has 0 bridgehead atoms. The summed E-state index contributed by atoms with van der Waals surface area (Å²) >= 11 is 0. The first kappa shape index (κ1) is 26.3. The topological polar surface area (TPSA) is 35.5 Å². The van der Waals surface area contributed by atoms with Crippen molar-refractivity contribution in [3.05, 3.63) is 0 Å². The molecule has 0 spiro atoms. The maximum Gasteiger partial charge on any atom is 0.319 e. The molecule has 0 aromatic heterocycles. The third kappa shape index (κ3) is 23.1. The van der Waals surface area contributed by atoms with Crippen LogP contribution in [0.25, 0.3) is 0 Å². The van der Waals surface area contributed by atoms with Crippen molar-refractivity contribution in [1.82, 2.24) is 0 Å². The van der Waals surface area contributed by atoms with Crippen LogP contribution in [0.3, 0.4) is 0 Å². The van der Waals surface area contributed by atoms with E-state index >= 15 is 0 Å². The van der Waals surface area contributed by atoms with Crippen LogP contribution in [0.4, 0.5) is 0 Å². The molecule has 0 amide bonds. The van der Waals surface area contributed by atoms with Gasteiger partial charge in [0.15, 0.2) is 0 Å². The molecule has 0 heterocycles. The standard InChI is InChI=1S/C18H39O3P.Cd/c1-3-5-7-9-11-13-15-17-20-22(19)21-18-16-14-12-10-8-6-4-2;/h22H,3-18H2,1-2H3;. The predicted molar refractivity (Wildman–Crippen MR) is 96.9 cm³/mol. The summed E-state index contributed by atoms with van der Waals surface area (Å²) in [7, 11) is -2.24. The van der Waals surface area contributed by atoms with Gasteiger partial charge in [-0.2, -0.15) is 0 Å². The van der Waals surface area contributed by atoms with Crippen molar-refractivity contribution in [3.63, 3.8) is 0 Å². The van der Waals surface area contributed by atoms with Gasteiger partial charge >= 0.3 is 8.25 Å². The average Bonchev–Trinajstić information content (AvgIpc) is 2.52. The fraction of sp³-hybridized carbons (Fsp3) is 1.00. The molecule has 0 aromatic carbocycles. The first-order valence-corrected chi connectivity index (χ1v) is 10.8. The molecule has 5 heteroatoms. The van der Waals surface area contributed by atoms with Gasteiger partial charge in [0.2, 0.25) is 0 Å². The summed E-state index contributed by atoms with van der Waals surface area (Å²) in [5.74, 6) is 0. The van der Waals surface area contributed by atoms with Gasteiger partial charge in [0.1, 0.15) is 0 Å². The smallest absolute Gasteiger partial charge is 0.311 e. The zero-order chi connectivity index (χ0) is 16.3. The van der Waals surface area contributed by atoms with Crippen molar-refractivity contribution in [2.75, 3.05) is 13.2 Å². The molecule has 0 saturated carbocycles. The first-order valence-electron chi connectivity index (χ1n) is 9.60. The van der Waals surface area contributed by atoms with E-state index in [0.29, 0.717) is 13.2 Å². The maximum atomic E-state index is 11.5. The summed E-state index contributed by atoms with van der Waals surface area (Å²) in [6.45, 7) is 5.64. The minimum absolute atomic E-state index is 0. The molecule has 0 unspecified atom stereocenters. The first-order chi connectivity index (χ1) is 10.8. The van der Waals surface area contributed by atoms with E-state index in [4.69, 9.17) is 9.05 Å². The van der Waals surface area contributed by atoms with Gasteiger partial charge in [-0.1, -0.05) is 90.9 Å². The Kier molecular flexibility index (Phi) is 26.4. The van der Waals surface area contributed by atoms with Crippen LogP contribution in [0.2, 0.25) is 0 Å². The predicted octanol–water partition coefficient (Wildman–Crippen LogP) is 6.91. The number of unbranched alkanes of at least 4 members (excludes halogenated alkanes) is 12. The fourth-order valence-corrected chi connectivity index (χ4v) is 3.18. The van der Waals surface area contributed by atoms with E-state index in [1.54, 1.807) is 0 Å². The van der Waals surface area contributed by atoms with E-state index < -0.39 is 8.25 Å². The third-order valence-corrected chi connectivity index (χ3v) is 4.82. The second kappa shape index (κ2) is 23.1. The quantitative estimate of drug-likeness (QED) is 0.130. The molecule has 0 aliphatic carbocycles. The number of hydrogen-bond donors (Lipinski definition) is 0. The number of hydrogen-bond acceptors (Lipinski definition) is 3. The molecule has 0 saturated heterocycles. The Hall–Kier alpha value is 1.07. The van der Waals surface area contributed by atoms with Crippen molar-refractivity contribution in [2.24, 2.45) is 0 Å². The molecule has 0 N–H and O–H groups in total. The maximum absolute atomic E-state index is 11.5. The molecule has 0 radical (unpaired) electrons. The summed E-state index contributed by atoms with van der Waals surface area (Å²) < 4.78 is 22.0. The largest absolute Gasteiger partial charge is 0.319 e. The zero-order valence-corrected chi connectivity index (χ0v) is 20.8. The molecule has 23 heavy (non-hydrogen) atoms. The van der Waals surface area contributed by atoms with Gasteiger partial charge in [0, 0.05) is 27.3 Å². The summed E-state index contributed by atoms with van der Waals surface area (Å²) in [5, 5.41) is 0. The van der Waals surface area contributed by atoms with E-state index in [1.165, 1.54) is 77.0 Å². The Balaban J connectivity index is 0. The van der Waals surface area contributed by atoms with Gasteiger partial charge in [-0.05, 0) is 12.8 Å². The van der Waals surface area contributed by atoms with Crippen LogP contribution in [-0.4, -0.2) is 13.2 Å². The second-order valence-corrected chi connectivity index (χ2v) is 7.27. The molecule has 3 nitrogen and oxygen atoms in total. The van der Waals surface area contributed by atoms with Gasteiger partial charge < -0.3 is 9.05 Å². The molecule has 0 atom stereocenters. The van der Waals surface area contributed by atoms with Crippen LogP contribution in [0.5, 0.6) is 0 Å². The monoisotopic (exact) mass is 448 g/mol. The Labute approximate surface area is 165 Å². The van der Waals surface area contributed by atoms with Crippen molar-refractivity contribution < 1.29 is 40.9 Å². The van der Waals surface area contributed by atoms with Crippen LogP contribution >= 0.6 is 8.25 Å². The van der Waals surface area contributed by atoms with Crippen LogP contribution in [0, 0.1) is 0 Å². The van der Waals surface area contributed by atoms with Crippen LogP contribution < -0.4 is 0 Å². The van der Waals surface area contributed by atoms with Crippen LogP contribution in [-0.2, 0) is 40.9 Å². The fourth-order valence-electron chi connectivity index (χ4n) is 2.47. The van der Waals surface area contributed by atoms with Crippen molar-refractivity contribution in [3.8, 4) is 0 Å². The van der Waals surface area contributed by atoms with Gasteiger partial charge in [0.25, 0.3) is 0 Å². The summed E-state index contributed by atoms with van der Waals surface area (Å²) in [5.41, 5.74) is 0. The van der Waals surface area contributed by atoms with E-state index in [-0.39, 0.29) is 27.3 Å². The Morgan fingerprint density at radius 2 is 0.870 bits per heavy atom. The zero-order valence-electron chi connectivity index (χ0n) is 15.7. The summed E-state index contributed by atoms with van der Waals surface area (Å²) in [6, 6.07) is 0. The molecule has 0 fully saturated rings. The van der Waals surface area contributed by atoms with Gasteiger partial charge in [-0.25, -0.2) is 0 Å². The van der Waals surface area contributed by atoms with Crippen molar-refractivity contribution >= 4 is 8.25 Å². The summed E-state index contributed by atoms with van der Waals surface area (Å²) in [4.78, 5) is 0. The minimum atomic E-state index is -2.24. The molecule has 0 aliphatic rings. The molecule has 136 valence electrons. The second-order valence-electron chi connectivity index (χ2n) is 6.19. The Bertz CT molecular complexity index is 218. The molecule has 0 rings (SSSR count). The molecule has 0 aromatic rings. The van der Waals surface area contributed by atoms with E-state index in [1.807, 2.05) is 0 Å². The minimum Gasteiger partial charge on any atom is -0.311 e. The van der Waals surface area contributed by atoms with E-state index in [0.717, 1.165) is 12.8 Å². The number of rotatable bonds is 18. The molecular formula is C18H39CdO3P. The van der Waals surface area contributed by atoms with Crippen molar-refractivity contribution in [2.45, 2.75) is 104 Å². The normalized spacial score (nSPS) is 10.9. The molecule has 0 aliphatic heterocycles. The average molecular weight is 447 g/mol. The summed E-state index contributed by atoms with van der Waals surface area (Å²) in [6.07, 6.45) is 17.5. The van der Waals surface area contributed by atoms with Crippen LogP contribution in [0.15, 0.2) is 0 Å². The van der Waals surface area contributed by atoms with E-state index in [2.05, 4.69) is 13.8 Å². The van der Waals surface area contributed by atoms with Gasteiger partial charge in [-0.3, -0.25) is 4.57 Å². The SMILES string of the molecule is CCCCCCCCCO[PH](=O)OCCCCCCCCC.[Cd]. The third-order valence-electron chi connectivity index (χ3n) is 3.94. The van der Waals surface area contributed by atoms with Gasteiger partial charge in [0.05, 0.1) is 13.2 Å².